The van der Waals surface area contributed by atoms with Crippen LogP contribution in [0, 0.1) is 0 Å². The number of ether oxygens (including phenoxy) is 1. The fourth-order valence-electron chi connectivity index (χ4n) is 4.25. The van der Waals surface area contributed by atoms with Crippen molar-refractivity contribution in [2.24, 2.45) is 0 Å². The molecule has 0 radical (unpaired) electrons. The van der Waals surface area contributed by atoms with Crippen molar-refractivity contribution in [1.82, 2.24) is 14.9 Å². The number of amides is 1. The molecule has 0 aliphatic carbocycles. The highest BCUT2D eigenvalue weighted by atomic mass is 16.5. The first-order valence-corrected chi connectivity index (χ1v) is 11.3. The van der Waals surface area contributed by atoms with Gasteiger partial charge in [-0.15, -0.1) is 0 Å². The molecular weight excluding hydrogens is 442 g/mol. The maximum absolute atomic E-state index is 12.9. The zero-order chi connectivity index (χ0) is 24.2. The van der Waals surface area contributed by atoms with E-state index in [1.54, 1.807) is 37.6 Å². The summed E-state index contributed by atoms with van der Waals surface area (Å²) in [5.74, 6) is 1.12. The first-order chi connectivity index (χ1) is 17.1. The Labute approximate surface area is 202 Å². The minimum Gasteiger partial charge on any atom is -0.497 e. The zero-order valence-corrected chi connectivity index (χ0v) is 19.2. The number of furan rings is 1. The smallest absolute Gasteiger partial charge is 0.287 e. The summed E-state index contributed by atoms with van der Waals surface area (Å²) in [6.45, 7) is 0.637. The number of para-hydroxylation sites is 1. The number of nitrogens with zero attached hydrogens (tertiary/aromatic N) is 1. The molecule has 0 aliphatic heterocycles. The number of rotatable bonds is 8. The predicted molar refractivity (Wildman–Crippen MR) is 134 cm³/mol. The van der Waals surface area contributed by atoms with Gasteiger partial charge in [-0.3, -0.25) is 9.59 Å². The van der Waals surface area contributed by atoms with Crippen molar-refractivity contribution in [2.45, 2.75) is 12.5 Å². The molecule has 176 valence electrons. The number of hydrogen-bond acceptors (Lipinski definition) is 4. The second-order valence-corrected chi connectivity index (χ2v) is 8.26. The molecule has 35 heavy (non-hydrogen) atoms. The second kappa shape index (κ2) is 9.77. The fraction of sp³-hybridized carbons (Fsp3) is 0.143. The molecule has 5 aromatic rings. The van der Waals surface area contributed by atoms with Gasteiger partial charge in [-0.05, 0) is 47.5 Å². The Morgan fingerprint density at radius 1 is 1.03 bits per heavy atom. The molecule has 1 amide bonds. The Hall–Kier alpha value is -4.52. The molecule has 0 saturated carbocycles. The molecule has 1 unspecified atom stereocenters. The van der Waals surface area contributed by atoms with Gasteiger partial charge in [-0.1, -0.05) is 36.4 Å². The van der Waals surface area contributed by atoms with Gasteiger partial charge in [0.1, 0.15) is 11.5 Å². The van der Waals surface area contributed by atoms with Crippen LogP contribution in [-0.4, -0.2) is 29.1 Å². The van der Waals surface area contributed by atoms with Crippen LogP contribution in [0.2, 0.25) is 0 Å². The summed E-state index contributed by atoms with van der Waals surface area (Å²) in [7, 11) is 1.64. The molecule has 7 nitrogen and oxygen atoms in total. The van der Waals surface area contributed by atoms with Gasteiger partial charge < -0.3 is 24.0 Å². The van der Waals surface area contributed by atoms with Crippen LogP contribution in [0.15, 0.2) is 100 Å². The quantitative estimate of drug-likeness (QED) is 0.351. The molecule has 0 aliphatic rings. The number of aromatic nitrogens is 2. The number of carbonyl (C=O) groups is 1. The van der Waals surface area contributed by atoms with E-state index in [-0.39, 0.29) is 29.7 Å². The topological polar surface area (TPSA) is 89.3 Å². The van der Waals surface area contributed by atoms with Gasteiger partial charge in [0.05, 0.1) is 13.7 Å². The van der Waals surface area contributed by atoms with E-state index in [2.05, 4.69) is 16.4 Å². The first kappa shape index (κ1) is 22.3. The van der Waals surface area contributed by atoms with Gasteiger partial charge in [-0.2, -0.15) is 0 Å². The van der Waals surface area contributed by atoms with Crippen molar-refractivity contribution in [2.75, 3.05) is 13.7 Å². The maximum atomic E-state index is 12.9. The van der Waals surface area contributed by atoms with Crippen molar-refractivity contribution < 1.29 is 13.9 Å². The minimum absolute atomic E-state index is 0.0849. The van der Waals surface area contributed by atoms with Crippen molar-refractivity contribution in [1.29, 1.82) is 0 Å². The molecule has 2 N–H and O–H groups in total. The van der Waals surface area contributed by atoms with Gasteiger partial charge in [0.2, 0.25) is 0 Å². The van der Waals surface area contributed by atoms with Crippen LogP contribution in [-0.2, 0) is 6.54 Å². The van der Waals surface area contributed by atoms with Crippen molar-refractivity contribution in [3.63, 3.8) is 0 Å². The van der Waals surface area contributed by atoms with Crippen LogP contribution in [0.1, 0.15) is 33.4 Å². The normalized spacial score (nSPS) is 11.9. The molecule has 0 saturated heterocycles. The number of carbonyl (C=O) groups excluding carboxylic acids is 1. The Morgan fingerprint density at radius 2 is 1.83 bits per heavy atom. The Morgan fingerprint density at radius 3 is 2.63 bits per heavy atom. The average Bonchev–Trinajstić information content (AvgIpc) is 3.54. The van der Waals surface area contributed by atoms with Crippen LogP contribution in [0.25, 0.3) is 10.9 Å². The van der Waals surface area contributed by atoms with E-state index >= 15 is 0 Å². The van der Waals surface area contributed by atoms with E-state index in [0.717, 1.165) is 27.8 Å². The number of benzene rings is 2. The number of methoxy groups -OCH3 is 1. The van der Waals surface area contributed by atoms with Crippen LogP contribution >= 0.6 is 0 Å². The summed E-state index contributed by atoms with van der Waals surface area (Å²) in [5, 5.41) is 4.13. The standard InChI is InChI=1S/C28H25N3O4/c1-34-20-11-9-19(10-12-20)23(24-17-29-25-7-3-2-6-22(24)25)16-30-28(33)26-14-13-21(35-26)18-31-15-5-4-8-27(31)32/h2-15,17,23,29H,16,18H2,1H3,(H,30,33). The Balaban J connectivity index is 1.36. The van der Waals surface area contributed by atoms with E-state index < -0.39 is 0 Å². The predicted octanol–water partition coefficient (Wildman–Crippen LogP) is 4.54. The SMILES string of the molecule is COc1ccc(C(CNC(=O)c2ccc(Cn3ccccc3=O)o2)c2c[nH]c3ccccc23)cc1. The third-order valence-electron chi connectivity index (χ3n) is 6.09. The van der Waals surface area contributed by atoms with Gasteiger partial charge in [0.25, 0.3) is 11.5 Å². The average molecular weight is 468 g/mol. The lowest BCUT2D eigenvalue weighted by atomic mass is 9.90. The van der Waals surface area contributed by atoms with E-state index in [4.69, 9.17) is 9.15 Å². The number of H-pyrrole nitrogens is 1. The molecule has 3 aromatic heterocycles. The van der Waals surface area contributed by atoms with Gasteiger partial charge in [0, 0.05) is 41.8 Å². The third-order valence-corrected chi connectivity index (χ3v) is 6.09. The monoisotopic (exact) mass is 467 g/mol. The number of hydrogen-bond donors (Lipinski definition) is 2. The molecule has 2 aromatic carbocycles. The van der Waals surface area contributed by atoms with E-state index in [9.17, 15) is 9.59 Å². The molecule has 0 spiro atoms. The molecule has 0 fully saturated rings. The highest BCUT2D eigenvalue weighted by Gasteiger charge is 2.21. The van der Waals surface area contributed by atoms with Crippen molar-refractivity contribution in [3.8, 4) is 5.75 Å². The lowest BCUT2D eigenvalue weighted by Gasteiger charge is -2.18. The lowest BCUT2D eigenvalue weighted by molar-refractivity contribution is 0.0922. The number of pyridine rings is 1. The second-order valence-electron chi connectivity index (χ2n) is 8.26. The van der Waals surface area contributed by atoms with E-state index in [0.29, 0.717) is 12.3 Å². The Kier molecular flexibility index (Phi) is 6.22. The van der Waals surface area contributed by atoms with Crippen LogP contribution < -0.4 is 15.6 Å². The third kappa shape index (κ3) is 4.75. The van der Waals surface area contributed by atoms with Crippen LogP contribution in [0.5, 0.6) is 5.75 Å². The Bertz CT molecular complexity index is 1510. The highest BCUT2D eigenvalue weighted by Crippen LogP contribution is 2.31. The fourth-order valence-corrected chi connectivity index (χ4v) is 4.25. The molecular formula is C28H25N3O4. The van der Waals surface area contributed by atoms with Crippen LogP contribution in [0.3, 0.4) is 0 Å². The number of fused-ring (bicyclic) bond motifs is 1. The summed E-state index contributed by atoms with van der Waals surface area (Å²) >= 11 is 0. The maximum Gasteiger partial charge on any atom is 0.287 e. The first-order valence-electron chi connectivity index (χ1n) is 11.3. The van der Waals surface area contributed by atoms with Crippen LogP contribution in [0.4, 0.5) is 0 Å². The molecule has 7 heteroatoms. The largest absolute Gasteiger partial charge is 0.497 e. The van der Waals surface area contributed by atoms with Gasteiger partial charge >= 0.3 is 0 Å². The van der Waals surface area contributed by atoms with Gasteiger partial charge in [0.15, 0.2) is 5.76 Å². The summed E-state index contributed by atoms with van der Waals surface area (Å²) in [5.41, 5.74) is 3.06. The highest BCUT2D eigenvalue weighted by molar-refractivity contribution is 5.91. The van der Waals surface area contributed by atoms with Crippen molar-refractivity contribution >= 4 is 16.8 Å². The zero-order valence-electron chi connectivity index (χ0n) is 19.2. The van der Waals surface area contributed by atoms with E-state index in [1.165, 1.54) is 10.6 Å². The summed E-state index contributed by atoms with van der Waals surface area (Å²) in [6.07, 6.45) is 3.68. The van der Waals surface area contributed by atoms with Crippen molar-refractivity contribution in [3.05, 3.63) is 124 Å². The molecule has 1 atom stereocenters. The number of aromatic amines is 1. The molecule has 0 bridgehead atoms. The summed E-state index contributed by atoms with van der Waals surface area (Å²) in [4.78, 5) is 28.2. The van der Waals surface area contributed by atoms with Gasteiger partial charge in [-0.25, -0.2) is 0 Å². The molecule has 3 heterocycles. The van der Waals surface area contributed by atoms with E-state index in [1.807, 2.05) is 48.7 Å². The minimum atomic E-state index is -0.310. The lowest BCUT2D eigenvalue weighted by Crippen LogP contribution is -2.28. The molecule has 5 rings (SSSR count). The summed E-state index contributed by atoms with van der Waals surface area (Å²) < 4.78 is 12.6. The number of nitrogens with one attached hydrogen (secondary N) is 2. The summed E-state index contributed by atoms with van der Waals surface area (Å²) in [6, 6.07) is 24.3.